The van der Waals surface area contributed by atoms with Crippen LogP contribution in [0.2, 0.25) is 0 Å². The maximum absolute atomic E-state index is 11.7. The summed E-state index contributed by atoms with van der Waals surface area (Å²) in [5.74, 6) is -0.846. The Morgan fingerprint density at radius 3 is 1.95 bits per heavy atom. The molecule has 0 aromatic heterocycles. The zero-order chi connectivity index (χ0) is 15.6. The Morgan fingerprint density at radius 2 is 1.60 bits per heavy atom. The minimum Gasteiger partial charge on any atom is -0.480 e. The van der Waals surface area contributed by atoms with Gasteiger partial charge in [-0.05, 0) is 36.8 Å². The summed E-state index contributed by atoms with van der Waals surface area (Å²) in [6, 6.07) is 8.04. The zero-order valence-corrected chi connectivity index (χ0v) is 13.4. The standard InChI is InChI=1S/C17H27NO2/c1-7-12(2)18-17(6,15(19)20)14-10-8-13(9-11-14)16(3,4)5/h8-12,18H,7H2,1-6H3,(H,19,20). The topological polar surface area (TPSA) is 49.3 Å². The number of rotatable bonds is 5. The van der Waals surface area contributed by atoms with Crippen molar-refractivity contribution in [3.8, 4) is 0 Å². The number of hydrogen-bond acceptors (Lipinski definition) is 2. The van der Waals surface area contributed by atoms with Gasteiger partial charge in [0.25, 0.3) is 0 Å². The Bertz CT molecular complexity index is 459. The van der Waals surface area contributed by atoms with Gasteiger partial charge in [-0.1, -0.05) is 52.0 Å². The minimum absolute atomic E-state index is 0.0717. The van der Waals surface area contributed by atoms with Crippen LogP contribution in [0.4, 0.5) is 0 Å². The SMILES string of the molecule is CCC(C)NC(C)(C(=O)O)c1ccc(C(C)(C)C)cc1. The summed E-state index contributed by atoms with van der Waals surface area (Å²) in [5, 5.41) is 12.8. The lowest BCUT2D eigenvalue weighted by molar-refractivity contribution is -0.145. The van der Waals surface area contributed by atoms with Gasteiger partial charge in [0.15, 0.2) is 0 Å². The fraction of sp³-hybridized carbons (Fsp3) is 0.588. The molecule has 1 aromatic rings. The van der Waals surface area contributed by atoms with Crippen molar-refractivity contribution in [2.24, 2.45) is 0 Å². The summed E-state index contributed by atoms with van der Waals surface area (Å²) in [4.78, 5) is 11.7. The average Bonchev–Trinajstić information content (AvgIpc) is 2.37. The molecule has 0 saturated heterocycles. The Morgan fingerprint density at radius 1 is 1.15 bits per heavy atom. The van der Waals surface area contributed by atoms with Crippen molar-refractivity contribution in [1.29, 1.82) is 0 Å². The highest BCUT2D eigenvalue weighted by Gasteiger charge is 2.36. The van der Waals surface area contributed by atoms with Crippen LogP contribution in [0.5, 0.6) is 0 Å². The Kier molecular flexibility index (Phi) is 4.98. The Balaban J connectivity index is 3.13. The first kappa shape index (κ1) is 16.7. The molecule has 0 heterocycles. The quantitative estimate of drug-likeness (QED) is 0.863. The second kappa shape index (κ2) is 5.96. The molecule has 0 aliphatic carbocycles. The summed E-state index contributed by atoms with van der Waals surface area (Å²) < 4.78 is 0. The van der Waals surface area contributed by atoms with Gasteiger partial charge in [0, 0.05) is 6.04 Å². The normalized spacial score (nSPS) is 16.5. The fourth-order valence-corrected chi connectivity index (χ4v) is 2.17. The van der Waals surface area contributed by atoms with Crippen LogP contribution in [-0.2, 0) is 15.7 Å². The average molecular weight is 277 g/mol. The summed E-state index contributed by atoms with van der Waals surface area (Å²) in [5.41, 5.74) is 1.02. The molecule has 1 rings (SSSR count). The third kappa shape index (κ3) is 3.60. The summed E-state index contributed by atoms with van der Waals surface area (Å²) in [6.07, 6.45) is 0.892. The van der Waals surface area contributed by atoms with E-state index in [1.54, 1.807) is 6.92 Å². The van der Waals surface area contributed by atoms with Gasteiger partial charge >= 0.3 is 5.97 Å². The minimum atomic E-state index is -1.05. The van der Waals surface area contributed by atoms with Crippen molar-refractivity contribution in [3.63, 3.8) is 0 Å². The van der Waals surface area contributed by atoms with E-state index in [-0.39, 0.29) is 11.5 Å². The van der Waals surface area contributed by atoms with Gasteiger partial charge in [-0.2, -0.15) is 0 Å². The number of benzene rings is 1. The molecule has 3 nitrogen and oxygen atoms in total. The number of carboxylic acids is 1. The number of carboxylic acid groups (broad SMARTS) is 1. The fourth-order valence-electron chi connectivity index (χ4n) is 2.17. The van der Waals surface area contributed by atoms with Crippen molar-refractivity contribution in [1.82, 2.24) is 5.32 Å². The van der Waals surface area contributed by atoms with Crippen LogP contribution < -0.4 is 5.32 Å². The lowest BCUT2D eigenvalue weighted by Gasteiger charge is -2.31. The van der Waals surface area contributed by atoms with Crippen molar-refractivity contribution in [3.05, 3.63) is 35.4 Å². The molecule has 2 unspecified atom stereocenters. The largest absolute Gasteiger partial charge is 0.480 e. The van der Waals surface area contributed by atoms with E-state index in [2.05, 4.69) is 26.1 Å². The van der Waals surface area contributed by atoms with Crippen LogP contribution in [-0.4, -0.2) is 17.1 Å². The summed E-state index contributed by atoms with van der Waals surface area (Å²) >= 11 is 0. The first-order valence-electron chi connectivity index (χ1n) is 7.23. The first-order valence-corrected chi connectivity index (χ1v) is 7.23. The van der Waals surface area contributed by atoms with E-state index in [1.807, 2.05) is 38.1 Å². The molecule has 0 spiro atoms. The van der Waals surface area contributed by atoms with E-state index in [0.29, 0.717) is 0 Å². The van der Waals surface area contributed by atoms with Gasteiger partial charge in [0.2, 0.25) is 0 Å². The highest BCUT2D eigenvalue weighted by Crippen LogP contribution is 2.27. The predicted octanol–water partition coefficient (Wildman–Crippen LogP) is 3.67. The van der Waals surface area contributed by atoms with Crippen LogP contribution >= 0.6 is 0 Å². The van der Waals surface area contributed by atoms with Gasteiger partial charge in [0.05, 0.1) is 0 Å². The van der Waals surface area contributed by atoms with Crippen LogP contribution in [0.15, 0.2) is 24.3 Å². The van der Waals surface area contributed by atoms with E-state index in [9.17, 15) is 9.90 Å². The molecule has 1 aromatic carbocycles. The van der Waals surface area contributed by atoms with Crippen LogP contribution in [0.25, 0.3) is 0 Å². The van der Waals surface area contributed by atoms with Crippen molar-refractivity contribution < 1.29 is 9.90 Å². The highest BCUT2D eigenvalue weighted by molar-refractivity contribution is 5.80. The molecule has 112 valence electrons. The molecular formula is C17H27NO2. The van der Waals surface area contributed by atoms with Gasteiger partial charge < -0.3 is 5.11 Å². The highest BCUT2D eigenvalue weighted by atomic mass is 16.4. The third-order valence-corrected chi connectivity index (χ3v) is 3.90. The maximum atomic E-state index is 11.7. The maximum Gasteiger partial charge on any atom is 0.328 e. The number of nitrogens with one attached hydrogen (secondary N) is 1. The van der Waals surface area contributed by atoms with Gasteiger partial charge in [0.1, 0.15) is 5.54 Å². The van der Waals surface area contributed by atoms with Gasteiger partial charge in [-0.3, -0.25) is 5.32 Å². The molecule has 0 aliphatic rings. The van der Waals surface area contributed by atoms with Crippen molar-refractivity contribution in [2.75, 3.05) is 0 Å². The summed E-state index contributed by atoms with van der Waals surface area (Å²) in [7, 11) is 0. The predicted molar refractivity (Wildman–Crippen MR) is 83.0 cm³/mol. The van der Waals surface area contributed by atoms with E-state index in [4.69, 9.17) is 0 Å². The Hall–Kier alpha value is -1.35. The molecule has 2 N–H and O–H groups in total. The smallest absolute Gasteiger partial charge is 0.328 e. The molecular weight excluding hydrogens is 250 g/mol. The van der Waals surface area contributed by atoms with Crippen LogP contribution in [0, 0.1) is 0 Å². The lowest BCUT2D eigenvalue weighted by atomic mass is 9.84. The molecule has 20 heavy (non-hydrogen) atoms. The first-order chi connectivity index (χ1) is 9.11. The van der Waals surface area contributed by atoms with Crippen LogP contribution in [0.3, 0.4) is 0 Å². The molecule has 0 aliphatic heterocycles. The second-order valence-corrected chi connectivity index (χ2v) is 6.71. The molecule has 0 radical (unpaired) electrons. The molecule has 0 saturated carbocycles. The van der Waals surface area contributed by atoms with E-state index >= 15 is 0 Å². The van der Waals surface area contributed by atoms with E-state index in [0.717, 1.165) is 12.0 Å². The molecule has 0 bridgehead atoms. The van der Waals surface area contributed by atoms with E-state index < -0.39 is 11.5 Å². The lowest BCUT2D eigenvalue weighted by Crippen LogP contribution is -2.50. The molecule has 2 atom stereocenters. The monoisotopic (exact) mass is 277 g/mol. The van der Waals surface area contributed by atoms with Crippen molar-refractivity contribution >= 4 is 5.97 Å². The van der Waals surface area contributed by atoms with E-state index in [1.165, 1.54) is 5.56 Å². The molecule has 3 heteroatoms. The molecule has 0 fully saturated rings. The zero-order valence-electron chi connectivity index (χ0n) is 13.4. The Labute approximate surface area is 122 Å². The van der Waals surface area contributed by atoms with Crippen molar-refractivity contribution in [2.45, 2.75) is 65.0 Å². The van der Waals surface area contributed by atoms with Gasteiger partial charge in [-0.25, -0.2) is 4.79 Å². The number of hydrogen-bond donors (Lipinski definition) is 2. The summed E-state index contributed by atoms with van der Waals surface area (Å²) in [6.45, 7) is 12.2. The second-order valence-electron chi connectivity index (χ2n) is 6.71. The van der Waals surface area contributed by atoms with Gasteiger partial charge in [-0.15, -0.1) is 0 Å². The third-order valence-electron chi connectivity index (χ3n) is 3.90. The number of carbonyl (C=O) groups is 1. The number of aliphatic carboxylic acids is 1. The van der Waals surface area contributed by atoms with Crippen LogP contribution in [0.1, 0.15) is 59.1 Å². The molecule has 0 amide bonds.